The van der Waals surface area contributed by atoms with Gasteiger partial charge in [-0.05, 0) is 43.5 Å². The number of nitrogens with zero attached hydrogens (tertiary/aromatic N) is 1. The summed E-state index contributed by atoms with van der Waals surface area (Å²) >= 11 is 0. The number of sulfonamides is 1. The monoisotopic (exact) mass is 296 g/mol. The van der Waals surface area contributed by atoms with Crippen LogP contribution in [0, 0.1) is 5.92 Å². The van der Waals surface area contributed by atoms with Crippen molar-refractivity contribution >= 4 is 10.0 Å². The number of benzene rings is 1. The Hall–Kier alpha value is -0.910. The van der Waals surface area contributed by atoms with E-state index in [-0.39, 0.29) is 6.04 Å². The Balaban J connectivity index is 2.23. The highest BCUT2D eigenvalue weighted by Crippen LogP contribution is 2.32. The van der Waals surface area contributed by atoms with Crippen molar-refractivity contribution in [3.05, 3.63) is 29.8 Å². The second-order valence-corrected chi connectivity index (χ2v) is 7.76. The standard InChI is InChI=1S/C15H24N2O2S/c1-12(2)11-17(14-6-7-14)20(18,19)15-8-4-13(5-9-15)10-16-3/h4-5,8-9,12,14,16H,6-7,10-11H2,1-3H3. The zero-order valence-corrected chi connectivity index (χ0v) is 13.3. The summed E-state index contributed by atoms with van der Waals surface area (Å²) in [6.45, 7) is 5.46. The van der Waals surface area contributed by atoms with E-state index in [1.807, 2.05) is 19.2 Å². The van der Waals surface area contributed by atoms with Gasteiger partial charge in [0.25, 0.3) is 0 Å². The van der Waals surface area contributed by atoms with Gasteiger partial charge in [-0.15, -0.1) is 0 Å². The van der Waals surface area contributed by atoms with E-state index in [0.717, 1.165) is 24.9 Å². The molecule has 5 heteroatoms. The van der Waals surface area contributed by atoms with Crippen molar-refractivity contribution in [3.63, 3.8) is 0 Å². The highest BCUT2D eigenvalue weighted by molar-refractivity contribution is 7.89. The molecule has 0 aliphatic heterocycles. The highest BCUT2D eigenvalue weighted by atomic mass is 32.2. The summed E-state index contributed by atoms with van der Waals surface area (Å²) in [5.41, 5.74) is 1.09. The smallest absolute Gasteiger partial charge is 0.243 e. The molecule has 112 valence electrons. The Morgan fingerprint density at radius 2 is 1.85 bits per heavy atom. The fourth-order valence-corrected chi connectivity index (χ4v) is 4.13. The summed E-state index contributed by atoms with van der Waals surface area (Å²) in [4.78, 5) is 0.407. The van der Waals surface area contributed by atoms with E-state index in [4.69, 9.17) is 0 Å². The second kappa shape index (κ2) is 6.24. The Morgan fingerprint density at radius 3 is 2.30 bits per heavy atom. The first-order chi connectivity index (χ1) is 9.45. The van der Waals surface area contributed by atoms with Gasteiger partial charge < -0.3 is 5.32 Å². The van der Waals surface area contributed by atoms with E-state index < -0.39 is 10.0 Å². The van der Waals surface area contributed by atoms with Gasteiger partial charge in [0.05, 0.1) is 4.90 Å². The van der Waals surface area contributed by atoms with Crippen LogP contribution in [0.5, 0.6) is 0 Å². The molecule has 1 saturated carbocycles. The van der Waals surface area contributed by atoms with Crippen molar-refractivity contribution in [2.45, 2.75) is 44.2 Å². The average Bonchev–Trinajstić information content (AvgIpc) is 3.21. The Labute approximate surface area is 122 Å². The van der Waals surface area contributed by atoms with Gasteiger partial charge in [-0.25, -0.2) is 8.42 Å². The molecule has 1 aliphatic rings. The van der Waals surface area contributed by atoms with Crippen molar-refractivity contribution < 1.29 is 8.42 Å². The molecule has 1 aromatic rings. The first-order valence-corrected chi connectivity index (χ1v) is 8.64. The van der Waals surface area contributed by atoms with Crippen LogP contribution in [0.3, 0.4) is 0 Å². The van der Waals surface area contributed by atoms with Gasteiger partial charge in [0.15, 0.2) is 0 Å². The van der Waals surface area contributed by atoms with Gasteiger partial charge in [-0.2, -0.15) is 4.31 Å². The molecule has 1 aliphatic carbocycles. The van der Waals surface area contributed by atoms with Crippen LogP contribution in [0.4, 0.5) is 0 Å². The molecule has 0 spiro atoms. The molecule has 1 aromatic carbocycles. The Kier molecular flexibility index (Phi) is 4.83. The van der Waals surface area contributed by atoms with E-state index in [9.17, 15) is 8.42 Å². The molecule has 0 bridgehead atoms. The molecule has 0 heterocycles. The Bertz CT molecular complexity index is 533. The lowest BCUT2D eigenvalue weighted by atomic mass is 10.2. The van der Waals surface area contributed by atoms with Crippen molar-refractivity contribution in [2.24, 2.45) is 5.92 Å². The normalized spacial score (nSPS) is 16.1. The molecule has 0 radical (unpaired) electrons. The maximum absolute atomic E-state index is 12.7. The van der Waals surface area contributed by atoms with Crippen molar-refractivity contribution in [1.29, 1.82) is 0 Å². The molecule has 20 heavy (non-hydrogen) atoms. The molecule has 1 fully saturated rings. The molecule has 0 atom stereocenters. The van der Waals surface area contributed by atoms with Crippen LogP contribution in [0.15, 0.2) is 29.2 Å². The highest BCUT2D eigenvalue weighted by Gasteiger charge is 2.38. The van der Waals surface area contributed by atoms with Gasteiger partial charge in [-0.1, -0.05) is 26.0 Å². The molecule has 0 unspecified atom stereocenters. The average molecular weight is 296 g/mol. The van der Waals surface area contributed by atoms with Crippen LogP contribution in [0.1, 0.15) is 32.3 Å². The van der Waals surface area contributed by atoms with Crippen LogP contribution in [-0.4, -0.2) is 32.4 Å². The largest absolute Gasteiger partial charge is 0.316 e. The lowest BCUT2D eigenvalue weighted by Crippen LogP contribution is -2.36. The predicted molar refractivity (Wildman–Crippen MR) is 81.0 cm³/mol. The van der Waals surface area contributed by atoms with Gasteiger partial charge in [0, 0.05) is 19.1 Å². The summed E-state index contributed by atoms with van der Waals surface area (Å²) in [5.74, 6) is 0.342. The van der Waals surface area contributed by atoms with E-state index in [0.29, 0.717) is 17.4 Å². The second-order valence-electron chi connectivity index (χ2n) is 5.87. The molecule has 4 nitrogen and oxygen atoms in total. The maximum atomic E-state index is 12.7. The maximum Gasteiger partial charge on any atom is 0.243 e. The molecular formula is C15H24N2O2S. The van der Waals surface area contributed by atoms with Gasteiger partial charge in [0.1, 0.15) is 0 Å². The van der Waals surface area contributed by atoms with Crippen LogP contribution < -0.4 is 5.32 Å². The zero-order chi connectivity index (χ0) is 14.8. The minimum Gasteiger partial charge on any atom is -0.316 e. The molecule has 2 rings (SSSR count). The molecule has 0 saturated heterocycles. The fourth-order valence-electron chi connectivity index (χ4n) is 2.28. The summed E-state index contributed by atoms with van der Waals surface area (Å²) in [6, 6.07) is 7.41. The van der Waals surface area contributed by atoms with Crippen LogP contribution >= 0.6 is 0 Å². The third-order valence-electron chi connectivity index (χ3n) is 3.41. The van der Waals surface area contributed by atoms with E-state index >= 15 is 0 Å². The van der Waals surface area contributed by atoms with E-state index in [1.165, 1.54) is 0 Å². The van der Waals surface area contributed by atoms with E-state index in [2.05, 4.69) is 19.2 Å². The third-order valence-corrected chi connectivity index (χ3v) is 5.34. The molecular weight excluding hydrogens is 272 g/mol. The first-order valence-electron chi connectivity index (χ1n) is 7.20. The topological polar surface area (TPSA) is 49.4 Å². The van der Waals surface area contributed by atoms with Crippen molar-refractivity contribution in [1.82, 2.24) is 9.62 Å². The summed E-state index contributed by atoms with van der Waals surface area (Å²) in [5, 5.41) is 3.06. The van der Waals surface area contributed by atoms with Crippen molar-refractivity contribution in [2.75, 3.05) is 13.6 Å². The Morgan fingerprint density at radius 1 is 1.25 bits per heavy atom. The SMILES string of the molecule is CNCc1ccc(S(=O)(=O)N(CC(C)C)C2CC2)cc1. The molecule has 0 aromatic heterocycles. The summed E-state index contributed by atoms with van der Waals surface area (Å²) in [7, 11) is -1.47. The van der Waals surface area contributed by atoms with Gasteiger partial charge >= 0.3 is 0 Å². The third kappa shape index (κ3) is 3.59. The quantitative estimate of drug-likeness (QED) is 0.839. The minimum atomic E-state index is -3.35. The lowest BCUT2D eigenvalue weighted by Gasteiger charge is -2.23. The van der Waals surface area contributed by atoms with Crippen molar-refractivity contribution in [3.8, 4) is 0 Å². The first kappa shape index (κ1) is 15.5. The minimum absolute atomic E-state index is 0.208. The summed E-state index contributed by atoms with van der Waals surface area (Å²) < 4.78 is 27.1. The summed E-state index contributed by atoms with van der Waals surface area (Å²) in [6.07, 6.45) is 1.98. The molecule has 0 amide bonds. The number of hydrogen-bond donors (Lipinski definition) is 1. The van der Waals surface area contributed by atoms with Crippen LogP contribution in [0.2, 0.25) is 0 Å². The number of nitrogens with one attached hydrogen (secondary N) is 1. The van der Waals surface area contributed by atoms with Crippen LogP contribution in [0.25, 0.3) is 0 Å². The molecule has 1 N–H and O–H groups in total. The lowest BCUT2D eigenvalue weighted by molar-refractivity contribution is 0.360. The fraction of sp³-hybridized carbons (Fsp3) is 0.600. The predicted octanol–water partition coefficient (Wildman–Crippen LogP) is 2.22. The number of hydrogen-bond acceptors (Lipinski definition) is 3. The van der Waals surface area contributed by atoms with Gasteiger partial charge in [-0.3, -0.25) is 0 Å². The number of rotatable bonds is 7. The van der Waals surface area contributed by atoms with E-state index in [1.54, 1.807) is 16.4 Å². The van der Waals surface area contributed by atoms with Crippen LogP contribution in [-0.2, 0) is 16.6 Å². The zero-order valence-electron chi connectivity index (χ0n) is 12.5. The van der Waals surface area contributed by atoms with Gasteiger partial charge in [0.2, 0.25) is 10.0 Å².